The summed E-state index contributed by atoms with van der Waals surface area (Å²) in [6, 6.07) is 13.8. The van der Waals surface area contributed by atoms with Crippen molar-refractivity contribution >= 4 is 46.3 Å². The molecule has 1 N–H and O–H groups in total. The van der Waals surface area contributed by atoms with Gasteiger partial charge >= 0.3 is 0 Å². The Morgan fingerprint density at radius 2 is 1.66 bits per heavy atom. The molecule has 2 aliphatic rings. The quantitative estimate of drug-likeness (QED) is 0.653. The number of para-hydroxylation sites is 1. The monoisotopic (exact) mass is 449 g/mol. The van der Waals surface area contributed by atoms with Crippen molar-refractivity contribution in [1.29, 1.82) is 0 Å². The summed E-state index contributed by atoms with van der Waals surface area (Å²) in [5.41, 5.74) is 4.61. The molecule has 166 valence electrons. The van der Waals surface area contributed by atoms with E-state index in [1.807, 2.05) is 44.2 Å². The van der Waals surface area contributed by atoms with Crippen molar-refractivity contribution < 1.29 is 14.4 Å². The molecule has 2 heterocycles. The van der Waals surface area contributed by atoms with Crippen LogP contribution in [-0.4, -0.2) is 41.6 Å². The molecule has 2 aromatic rings. The van der Waals surface area contributed by atoms with E-state index in [0.717, 1.165) is 46.4 Å². The van der Waals surface area contributed by atoms with Gasteiger partial charge in [0, 0.05) is 24.5 Å². The lowest BCUT2D eigenvalue weighted by molar-refractivity contribution is -0.127. The second-order valence-corrected chi connectivity index (χ2v) is 9.22. The summed E-state index contributed by atoms with van der Waals surface area (Å²) >= 11 is 0.872. The van der Waals surface area contributed by atoms with E-state index in [1.165, 1.54) is 24.9 Å². The summed E-state index contributed by atoms with van der Waals surface area (Å²) in [6.07, 6.45) is 5.43. The fraction of sp³-hybridized carbons (Fsp3) is 0.320. The molecule has 0 saturated carbocycles. The van der Waals surface area contributed by atoms with Gasteiger partial charge in [0.15, 0.2) is 0 Å². The van der Waals surface area contributed by atoms with Gasteiger partial charge in [0.05, 0.1) is 4.91 Å². The topological polar surface area (TPSA) is 69.7 Å². The fourth-order valence-electron chi connectivity index (χ4n) is 4.06. The molecule has 0 aliphatic carbocycles. The highest BCUT2D eigenvalue weighted by molar-refractivity contribution is 8.18. The average molecular weight is 450 g/mol. The van der Waals surface area contributed by atoms with Crippen molar-refractivity contribution in [2.45, 2.75) is 33.1 Å². The van der Waals surface area contributed by atoms with E-state index in [4.69, 9.17) is 0 Å². The lowest BCUT2D eigenvalue weighted by Gasteiger charge is -2.28. The van der Waals surface area contributed by atoms with E-state index in [-0.39, 0.29) is 6.54 Å². The zero-order valence-corrected chi connectivity index (χ0v) is 19.2. The molecule has 2 fully saturated rings. The average Bonchev–Trinajstić information content (AvgIpc) is 3.05. The van der Waals surface area contributed by atoms with Crippen LogP contribution in [0.25, 0.3) is 6.08 Å². The second kappa shape index (κ2) is 9.61. The van der Waals surface area contributed by atoms with Crippen LogP contribution in [0.2, 0.25) is 0 Å². The summed E-state index contributed by atoms with van der Waals surface area (Å²) in [6.45, 7) is 5.65. The Labute approximate surface area is 192 Å². The highest BCUT2D eigenvalue weighted by Gasteiger charge is 2.36. The van der Waals surface area contributed by atoms with E-state index in [1.54, 1.807) is 6.08 Å². The molecule has 6 nitrogen and oxygen atoms in total. The number of carbonyl (C=O) groups excluding carboxylic acids is 3. The zero-order chi connectivity index (χ0) is 22.7. The van der Waals surface area contributed by atoms with Gasteiger partial charge < -0.3 is 10.2 Å². The van der Waals surface area contributed by atoms with Crippen molar-refractivity contribution in [3.05, 3.63) is 64.1 Å². The van der Waals surface area contributed by atoms with Crippen LogP contribution in [-0.2, 0) is 9.59 Å². The Kier molecular flexibility index (Phi) is 6.65. The minimum absolute atomic E-state index is 0.302. The zero-order valence-electron chi connectivity index (χ0n) is 18.4. The molecule has 0 radical (unpaired) electrons. The van der Waals surface area contributed by atoms with Gasteiger partial charge in [0.25, 0.3) is 11.1 Å². The largest absolute Gasteiger partial charge is 0.372 e. The molecule has 0 unspecified atom stereocenters. The first kappa shape index (κ1) is 22.1. The van der Waals surface area contributed by atoms with Crippen LogP contribution in [0.5, 0.6) is 0 Å². The van der Waals surface area contributed by atoms with Crippen LogP contribution in [0.15, 0.2) is 47.4 Å². The predicted molar refractivity (Wildman–Crippen MR) is 130 cm³/mol. The summed E-state index contributed by atoms with van der Waals surface area (Å²) < 4.78 is 0. The highest BCUT2D eigenvalue weighted by atomic mass is 32.2. The van der Waals surface area contributed by atoms with E-state index in [0.29, 0.717) is 10.6 Å². The van der Waals surface area contributed by atoms with Crippen LogP contribution < -0.4 is 10.2 Å². The summed E-state index contributed by atoms with van der Waals surface area (Å²) in [5.74, 6) is -0.825. The van der Waals surface area contributed by atoms with Crippen molar-refractivity contribution in [1.82, 2.24) is 4.90 Å². The van der Waals surface area contributed by atoms with E-state index in [9.17, 15) is 14.4 Å². The van der Waals surface area contributed by atoms with E-state index < -0.39 is 17.1 Å². The summed E-state index contributed by atoms with van der Waals surface area (Å²) in [4.78, 5) is 41.4. The second-order valence-electron chi connectivity index (χ2n) is 8.22. The van der Waals surface area contributed by atoms with E-state index >= 15 is 0 Å². The Morgan fingerprint density at radius 3 is 2.31 bits per heavy atom. The van der Waals surface area contributed by atoms with Crippen molar-refractivity contribution in [3.8, 4) is 0 Å². The number of aryl methyl sites for hydroxylation is 2. The number of carbonyl (C=O) groups is 3. The number of amides is 3. The molecule has 2 aliphatic heterocycles. The number of rotatable bonds is 5. The van der Waals surface area contributed by atoms with Gasteiger partial charge in [-0.3, -0.25) is 19.3 Å². The van der Waals surface area contributed by atoms with Crippen molar-refractivity contribution in [2.75, 3.05) is 29.9 Å². The number of hydrogen-bond donors (Lipinski definition) is 1. The third-order valence-corrected chi connectivity index (χ3v) is 6.74. The first-order valence-electron chi connectivity index (χ1n) is 10.9. The Bertz CT molecular complexity index is 1050. The number of benzene rings is 2. The van der Waals surface area contributed by atoms with Crippen LogP contribution in [0.3, 0.4) is 0 Å². The molecule has 7 heteroatoms. The Hall–Kier alpha value is -3.06. The smallest absolute Gasteiger partial charge is 0.294 e. The number of nitrogens with zero attached hydrogens (tertiary/aromatic N) is 2. The van der Waals surface area contributed by atoms with Crippen LogP contribution in [0.1, 0.15) is 36.0 Å². The molecule has 0 bridgehead atoms. The molecule has 3 amide bonds. The molecular weight excluding hydrogens is 422 g/mol. The van der Waals surface area contributed by atoms with E-state index in [2.05, 4.69) is 22.3 Å². The first-order chi connectivity index (χ1) is 15.4. The maximum absolute atomic E-state index is 12.8. The molecule has 2 saturated heterocycles. The third-order valence-electron chi connectivity index (χ3n) is 5.83. The molecule has 0 spiro atoms. The lowest BCUT2D eigenvalue weighted by Crippen LogP contribution is -2.36. The summed E-state index contributed by atoms with van der Waals surface area (Å²) in [5, 5.41) is 2.40. The number of piperidine rings is 1. The number of imide groups is 1. The highest BCUT2D eigenvalue weighted by Crippen LogP contribution is 2.32. The van der Waals surface area contributed by atoms with Gasteiger partial charge in [0.1, 0.15) is 6.54 Å². The molecular formula is C25H27N3O3S. The first-order valence-corrected chi connectivity index (χ1v) is 11.7. The number of nitrogens with one attached hydrogen (secondary N) is 1. The fourth-order valence-corrected chi connectivity index (χ4v) is 4.89. The van der Waals surface area contributed by atoms with Gasteiger partial charge in [-0.2, -0.15) is 0 Å². The van der Waals surface area contributed by atoms with Gasteiger partial charge in [-0.25, -0.2) is 0 Å². The van der Waals surface area contributed by atoms with Gasteiger partial charge in [-0.1, -0.05) is 30.3 Å². The van der Waals surface area contributed by atoms with Crippen LogP contribution >= 0.6 is 11.8 Å². The Balaban J connectivity index is 1.42. The van der Waals surface area contributed by atoms with Crippen molar-refractivity contribution in [2.24, 2.45) is 0 Å². The standard InChI is InChI=1S/C25H27N3O3S/c1-17-7-6-8-18(2)23(17)26-22(29)16-28-24(30)21(32-25(28)31)15-19-9-11-20(12-10-19)27-13-4-3-5-14-27/h6-12,15H,3-5,13-14,16H2,1-2H3,(H,26,29)/b21-15-. The lowest BCUT2D eigenvalue weighted by atomic mass is 10.1. The maximum Gasteiger partial charge on any atom is 0.294 e. The molecule has 0 atom stereocenters. The molecule has 4 rings (SSSR count). The Morgan fingerprint density at radius 1 is 1.00 bits per heavy atom. The number of thioether (sulfide) groups is 1. The van der Waals surface area contributed by atoms with Crippen LogP contribution in [0.4, 0.5) is 16.2 Å². The van der Waals surface area contributed by atoms with Gasteiger partial charge in [-0.05, 0) is 79.8 Å². The molecule has 0 aromatic heterocycles. The maximum atomic E-state index is 12.8. The molecule has 32 heavy (non-hydrogen) atoms. The SMILES string of the molecule is Cc1cccc(C)c1NC(=O)CN1C(=O)S/C(=C\c2ccc(N3CCCCC3)cc2)C1=O. The normalized spacial score (nSPS) is 17.9. The minimum atomic E-state index is -0.434. The number of anilines is 2. The molecule has 2 aromatic carbocycles. The summed E-state index contributed by atoms with van der Waals surface area (Å²) in [7, 11) is 0. The number of hydrogen-bond acceptors (Lipinski definition) is 5. The predicted octanol–water partition coefficient (Wildman–Crippen LogP) is 4.97. The third kappa shape index (κ3) is 4.88. The van der Waals surface area contributed by atoms with Crippen LogP contribution in [0, 0.1) is 13.8 Å². The van der Waals surface area contributed by atoms with Gasteiger partial charge in [0.2, 0.25) is 5.91 Å². The van der Waals surface area contributed by atoms with Crippen molar-refractivity contribution in [3.63, 3.8) is 0 Å². The van der Waals surface area contributed by atoms with Gasteiger partial charge in [-0.15, -0.1) is 0 Å². The minimum Gasteiger partial charge on any atom is -0.372 e.